The minimum absolute atomic E-state index is 0.631. The van der Waals surface area contributed by atoms with Crippen molar-refractivity contribution in [3.8, 4) is 22.3 Å². The van der Waals surface area contributed by atoms with Gasteiger partial charge in [-0.05, 0) is 35.8 Å². The number of halogens is 2. The second-order valence-corrected chi connectivity index (χ2v) is 17.1. The van der Waals surface area contributed by atoms with Gasteiger partial charge in [-0.1, -0.05) is 150 Å². The topological polar surface area (TPSA) is 0 Å². The standard InChI is InChI=1S/2C21H23.C2H6Si.2ClH.Zr/c2*1-4-15(3)19-13-18-12-11-16(5-2)21(20(18)14-19)17-9-7-6-8-10-17;1-3-2;;;/h2*6-15H,4-5H2,1-3H3;1-2H3;2*1H;/q2*-1;;;;+4/p-2. The quantitative estimate of drug-likeness (QED) is 0.107. The molecule has 0 spiro atoms. The molecule has 0 aliphatic carbocycles. The SMILES string of the molecule is CCc1ccc2[cH-]c(C(C)CC)cc2c1-c1ccccc1.CCc1ccc2[cH-]c(C(C)CC)cc2c1-c1ccccc1.C[Si]C.[Cl][Zr+2][Cl]. The molecular weight excluding hydrogens is 719 g/mol. The van der Waals surface area contributed by atoms with Crippen molar-refractivity contribution in [1.82, 2.24) is 0 Å². The summed E-state index contributed by atoms with van der Waals surface area (Å²) in [7, 11) is 11.0. The molecular formula is C44H52Cl2SiZr. The van der Waals surface area contributed by atoms with Crippen LogP contribution in [0.25, 0.3) is 43.8 Å². The molecule has 0 nitrogen and oxygen atoms in total. The maximum atomic E-state index is 4.93. The molecule has 0 aliphatic rings. The first-order chi connectivity index (χ1) is 23.3. The fraction of sp³-hybridized carbons (Fsp3) is 0.318. The van der Waals surface area contributed by atoms with Crippen LogP contribution in [0.5, 0.6) is 0 Å². The molecule has 0 saturated carbocycles. The molecule has 0 aliphatic heterocycles. The Hall–Kier alpha value is -2.22. The van der Waals surface area contributed by atoms with Crippen LogP contribution in [0.15, 0.2) is 109 Å². The normalized spacial score (nSPS) is 11.7. The van der Waals surface area contributed by atoms with E-state index in [0.717, 1.165) is 22.4 Å². The second-order valence-electron chi connectivity index (χ2n) is 12.4. The van der Waals surface area contributed by atoms with E-state index in [9.17, 15) is 0 Å². The van der Waals surface area contributed by atoms with Gasteiger partial charge < -0.3 is 0 Å². The van der Waals surface area contributed by atoms with Gasteiger partial charge in [0.05, 0.1) is 0 Å². The molecule has 0 heterocycles. The van der Waals surface area contributed by atoms with E-state index in [1.165, 1.54) is 78.9 Å². The van der Waals surface area contributed by atoms with E-state index in [2.05, 4.69) is 164 Å². The van der Waals surface area contributed by atoms with E-state index >= 15 is 0 Å². The molecule has 0 saturated heterocycles. The Bertz CT molecular complexity index is 1650. The molecule has 250 valence electrons. The number of fused-ring (bicyclic) bond motifs is 2. The molecule has 0 amide bonds. The van der Waals surface area contributed by atoms with Crippen molar-refractivity contribution in [3.05, 3.63) is 131 Å². The summed E-state index contributed by atoms with van der Waals surface area (Å²) in [4.78, 5) is 0. The number of hydrogen-bond donors (Lipinski definition) is 0. The van der Waals surface area contributed by atoms with Gasteiger partial charge in [0.1, 0.15) is 0 Å². The predicted molar refractivity (Wildman–Crippen MR) is 215 cm³/mol. The van der Waals surface area contributed by atoms with E-state index in [0.29, 0.717) is 11.8 Å². The van der Waals surface area contributed by atoms with Crippen LogP contribution < -0.4 is 0 Å². The maximum absolute atomic E-state index is 4.93. The van der Waals surface area contributed by atoms with Crippen LogP contribution in [-0.4, -0.2) is 9.52 Å². The van der Waals surface area contributed by atoms with Crippen molar-refractivity contribution in [3.63, 3.8) is 0 Å². The Morgan fingerprint density at radius 3 is 1.21 bits per heavy atom. The van der Waals surface area contributed by atoms with Gasteiger partial charge in [0.15, 0.2) is 0 Å². The summed E-state index contributed by atoms with van der Waals surface area (Å²) >= 11 is -0.826. The van der Waals surface area contributed by atoms with Crippen LogP contribution in [-0.2, 0) is 33.7 Å². The summed E-state index contributed by atoms with van der Waals surface area (Å²) < 4.78 is 0. The Labute approximate surface area is 312 Å². The molecule has 2 atom stereocenters. The Kier molecular flexibility index (Phi) is 17.7. The van der Waals surface area contributed by atoms with Crippen molar-refractivity contribution < 1.29 is 20.8 Å². The zero-order valence-corrected chi connectivity index (χ0v) is 35.1. The Morgan fingerprint density at radius 2 is 0.917 bits per heavy atom. The summed E-state index contributed by atoms with van der Waals surface area (Å²) in [5, 5.41) is 5.58. The minimum atomic E-state index is -0.826. The van der Waals surface area contributed by atoms with Crippen molar-refractivity contribution in [1.29, 1.82) is 0 Å². The van der Waals surface area contributed by atoms with Crippen molar-refractivity contribution in [2.75, 3.05) is 0 Å². The van der Waals surface area contributed by atoms with Crippen LogP contribution in [0.4, 0.5) is 0 Å². The Balaban J connectivity index is 0.000000224. The zero-order chi connectivity index (χ0) is 35.1. The zero-order valence-electron chi connectivity index (χ0n) is 30.1. The first kappa shape index (κ1) is 40.2. The molecule has 0 fully saturated rings. The van der Waals surface area contributed by atoms with Gasteiger partial charge in [-0.2, -0.15) is 12.1 Å². The van der Waals surface area contributed by atoms with Crippen molar-refractivity contribution >= 4 is 48.1 Å². The third-order valence-electron chi connectivity index (χ3n) is 9.25. The van der Waals surface area contributed by atoms with Gasteiger partial charge in [-0.25, -0.2) is 0 Å². The Morgan fingerprint density at radius 1 is 0.583 bits per heavy atom. The van der Waals surface area contributed by atoms with Gasteiger partial charge in [0, 0.05) is 9.52 Å². The van der Waals surface area contributed by atoms with Gasteiger partial charge >= 0.3 is 37.9 Å². The van der Waals surface area contributed by atoms with Crippen LogP contribution in [0.1, 0.15) is 88.5 Å². The van der Waals surface area contributed by atoms with E-state index in [1.807, 2.05) is 0 Å². The molecule has 6 aromatic carbocycles. The molecule has 6 aromatic rings. The molecule has 0 aromatic heterocycles. The number of rotatable bonds is 8. The number of benzene rings is 4. The first-order valence-corrected chi connectivity index (χ1v) is 25.7. The third-order valence-corrected chi connectivity index (χ3v) is 9.25. The number of aryl methyl sites for hydroxylation is 2. The molecule has 0 N–H and O–H groups in total. The average molecular weight is 771 g/mol. The van der Waals surface area contributed by atoms with Crippen molar-refractivity contribution in [2.24, 2.45) is 0 Å². The van der Waals surface area contributed by atoms with Crippen LogP contribution in [0.3, 0.4) is 0 Å². The van der Waals surface area contributed by atoms with Crippen molar-refractivity contribution in [2.45, 2.75) is 92.2 Å². The van der Waals surface area contributed by atoms with Gasteiger partial charge in [0.2, 0.25) is 0 Å². The summed E-state index contributed by atoms with van der Waals surface area (Å²) in [6.07, 6.45) is 4.53. The first-order valence-electron chi connectivity index (χ1n) is 17.4. The predicted octanol–water partition coefficient (Wildman–Crippen LogP) is 14.8. The second kappa shape index (κ2) is 21.1. The monoisotopic (exact) mass is 768 g/mol. The summed E-state index contributed by atoms with van der Waals surface area (Å²) in [6.45, 7) is 17.9. The van der Waals surface area contributed by atoms with E-state index in [-0.39, 0.29) is 0 Å². The molecule has 4 heteroatoms. The van der Waals surface area contributed by atoms with E-state index in [1.54, 1.807) is 0 Å². The molecule has 0 bridgehead atoms. The summed E-state index contributed by atoms with van der Waals surface area (Å²) in [5.74, 6) is 1.26. The van der Waals surface area contributed by atoms with Crippen LogP contribution in [0, 0.1) is 0 Å². The van der Waals surface area contributed by atoms with Crippen LogP contribution >= 0.6 is 17.0 Å². The van der Waals surface area contributed by atoms with Gasteiger partial charge in [0.25, 0.3) is 0 Å². The van der Waals surface area contributed by atoms with Gasteiger partial charge in [-0.3, -0.25) is 0 Å². The molecule has 2 radical (unpaired) electrons. The molecule has 6 rings (SSSR count). The van der Waals surface area contributed by atoms with E-state index < -0.39 is 20.8 Å². The molecule has 48 heavy (non-hydrogen) atoms. The summed E-state index contributed by atoms with van der Waals surface area (Å²) in [5.41, 5.74) is 11.3. The van der Waals surface area contributed by atoms with Gasteiger partial charge in [-0.15, -0.1) is 69.1 Å². The average Bonchev–Trinajstić information content (AvgIpc) is 3.77. The third kappa shape index (κ3) is 10.4. The summed E-state index contributed by atoms with van der Waals surface area (Å²) in [6, 6.07) is 40.3. The van der Waals surface area contributed by atoms with Crippen LogP contribution in [0.2, 0.25) is 13.1 Å². The molecule has 2 unspecified atom stereocenters. The fourth-order valence-electron chi connectivity index (χ4n) is 6.22. The fourth-order valence-corrected chi connectivity index (χ4v) is 6.22. The van der Waals surface area contributed by atoms with E-state index in [4.69, 9.17) is 17.0 Å². The number of hydrogen-bond acceptors (Lipinski definition) is 0.